The lowest BCUT2D eigenvalue weighted by Gasteiger charge is -2.21. The molecule has 0 bridgehead atoms. The molecular weight excluding hydrogens is 335 g/mol. The molecule has 0 aliphatic heterocycles. The molecular formula is C16H18BrFN2O. The molecule has 5 heteroatoms. The maximum atomic E-state index is 13.8. The summed E-state index contributed by atoms with van der Waals surface area (Å²) in [6.45, 7) is 2.92. The Kier molecular flexibility index (Phi) is 5.70. The molecule has 3 nitrogen and oxygen atoms in total. The largest absolute Gasteiger partial charge is 0.495 e. The number of halogens is 2. The van der Waals surface area contributed by atoms with E-state index in [1.807, 2.05) is 12.1 Å². The number of benzene rings is 1. The molecule has 0 spiro atoms. The molecule has 1 aromatic carbocycles. The van der Waals surface area contributed by atoms with Gasteiger partial charge in [0.05, 0.1) is 23.8 Å². The number of hydrogen-bond donors (Lipinski definition) is 1. The number of ether oxygens (including phenoxy) is 1. The van der Waals surface area contributed by atoms with E-state index in [1.165, 1.54) is 6.07 Å². The summed E-state index contributed by atoms with van der Waals surface area (Å²) in [6, 6.07) is 6.83. The lowest BCUT2D eigenvalue weighted by Crippen LogP contribution is -2.24. The van der Waals surface area contributed by atoms with E-state index < -0.39 is 0 Å². The molecule has 0 fully saturated rings. The van der Waals surface area contributed by atoms with E-state index in [-0.39, 0.29) is 11.9 Å². The van der Waals surface area contributed by atoms with Gasteiger partial charge in [0.25, 0.3) is 0 Å². The molecule has 112 valence electrons. The molecule has 1 heterocycles. The summed E-state index contributed by atoms with van der Waals surface area (Å²) in [5, 5.41) is 3.43. The fourth-order valence-electron chi connectivity index (χ4n) is 2.14. The van der Waals surface area contributed by atoms with E-state index in [0.29, 0.717) is 10.2 Å². The van der Waals surface area contributed by atoms with Crippen molar-refractivity contribution < 1.29 is 9.13 Å². The first-order valence-corrected chi connectivity index (χ1v) is 7.63. The summed E-state index contributed by atoms with van der Waals surface area (Å²) in [5.74, 6) is 0.412. The zero-order valence-corrected chi connectivity index (χ0v) is 13.7. The summed E-state index contributed by atoms with van der Waals surface area (Å²) >= 11 is 3.34. The van der Waals surface area contributed by atoms with Crippen molar-refractivity contribution in [3.63, 3.8) is 0 Å². The second kappa shape index (κ2) is 7.52. The number of methoxy groups -OCH3 is 1. The van der Waals surface area contributed by atoms with Crippen LogP contribution in [0, 0.1) is 5.82 Å². The van der Waals surface area contributed by atoms with Crippen molar-refractivity contribution >= 4 is 15.9 Å². The molecule has 0 saturated heterocycles. The van der Waals surface area contributed by atoms with Gasteiger partial charge < -0.3 is 10.1 Å². The number of pyridine rings is 1. The third-order valence-corrected chi connectivity index (χ3v) is 4.03. The van der Waals surface area contributed by atoms with Crippen molar-refractivity contribution in [1.82, 2.24) is 10.3 Å². The van der Waals surface area contributed by atoms with E-state index in [0.717, 1.165) is 24.1 Å². The zero-order chi connectivity index (χ0) is 15.2. The Morgan fingerprint density at radius 1 is 1.38 bits per heavy atom. The van der Waals surface area contributed by atoms with E-state index in [9.17, 15) is 4.39 Å². The molecule has 1 unspecified atom stereocenters. The van der Waals surface area contributed by atoms with Gasteiger partial charge in [0, 0.05) is 6.20 Å². The monoisotopic (exact) mass is 352 g/mol. The first kappa shape index (κ1) is 15.9. The Morgan fingerprint density at radius 2 is 2.19 bits per heavy atom. The minimum atomic E-state index is -0.272. The van der Waals surface area contributed by atoms with Crippen LogP contribution in [0.4, 0.5) is 4.39 Å². The van der Waals surface area contributed by atoms with Crippen LogP contribution >= 0.6 is 15.9 Å². The van der Waals surface area contributed by atoms with Crippen LogP contribution in [-0.4, -0.2) is 18.6 Å². The SMILES string of the molecule is CCCNC(c1cncc(OC)c1)c1cccc(F)c1Br. The van der Waals surface area contributed by atoms with E-state index in [1.54, 1.807) is 25.6 Å². The molecule has 21 heavy (non-hydrogen) atoms. The van der Waals surface area contributed by atoms with Crippen LogP contribution in [-0.2, 0) is 0 Å². The third-order valence-electron chi connectivity index (χ3n) is 3.19. The Balaban J connectivity index is 2.44. The molecule has 1 aromatic heterocycles. The van der Waals surface area contributed by atoms with E-state index >= 15 is 0 Å². The molecule has 0 saturated carbocycles. The Morgan fingerprint density at radius 3 is 2.90 bits per heavy atom. The van der Waals surface area contributed by atoms with Gasteiger partial charge in [-0.3, -0.25) is 4.98 Å². The highest BCUT2D eigenvalue weighted by Crippen LogP contribution is 2.31. The first-order valence-electron chi connectivity index (χ1n) is 6.83. The minimum Gasteiger partial charge on any atom is -0.495 e. The summed E-state index contributed by atoms with van der Waals surface area (Å²) in [6.07, 6.45) is 4.41. The van der Waals surface area contributed by atoms with Gasteiger partial charge in [-0.1, -0.05) is 19.1 Å². The van der Waals surface area contributed by atoms with Gasteiger partial charge in [-0.2, -0.15) is 0 Å². The van der Waals surface area contributed by atoms with Crippen LogP contribution in [0.3, 0.4) is 0 Å². The summed E-state index contributed by atoms with van der Waals surface area (Å²) in [4.78, 5) is 4.19. The average molecular weight is 353 g/mol. The van der Waals surface area contributed by atoms with Crippen molar-refractivity contribution in [3.8, 4) is 5.75 Å². The van der Waals surface area contributed by atoms with Crippen LogP contribution < -0.4 is 10.1 Å². The molecule has 0 aliphatic carbocycles. The molecule has 0 aliphatic rings. The topological polar surface area (TPSA) is 34.2 Å². The lowest BCUT2D eigenvalue weighted by atomic mass is 9.99. The molecule has 0 radical (unpaired) electrons. The predicted molar refractivity (Wildman–Crippen MR) is 85.0 cm³/mol. The maximum absolute atomic E-state index is 13.8. The number of nitrogens with one attached hydrogen (secondary N) is 1. The van der Waals surface area contributed by atoms with Gasteiger partial charge in [0.2, 0.25) is 0 Å². The van der Waals surface area contributed by atoms with Crippen molar-refractivity contribution in [2.45, 2.75) is 19.4 Å². The Hall–Kier alpha value is -1.46. The van der Waals surface area contributed by atoms with Crippen molar-refractivity contribution in [3.05, 3.63) is 58.1 Å². The van der Waals surface area contributed by atoms with Gasteiger partial charge in [0.1, 0.15) is 11.6 Å². The van der Waals surface area contributed by atoms with Gasteiger partial charge >= 0.3 is 0 Å². The van der Waals surface area contributed by atoms with Crippen LogP contribution in [0.5, 0.6) is 5.75 Å². The number of hydrogen-bond acceptors (Lipinski definition) is 3. The van der Waals surface area contributed by atoms with Crippen molar-refractivity contribution in [2.75, 3.05) is 13.7 Å². The van der Waals surface area contributed by atoms with Crippen LogP contribution in [0.25, 0.3) is 0 Å². The fourth-order valence-corrected chi connectivity index (χ4v) is 2.64. The zero-order valence-electron chi connectivity index (χ0n) is 12.1. The number of rotatable bonds is 6. The molecule has 0 amide bonds. The fraction of sp³-hybridized carbons (Fsp3) is 0.312. The van der Waals surface area contributed by atoms with Crippen LogP contribution in [0.1, 0.15) is 30.5 Å². The second-order valence-corrected chi connectivity index (χ2v) is 5.48. The predicted octanol–water partition coefficient (Wildman–Crippen LogP) is 4.08. The quantitative estimate of drug-likeness (QED) is 0.850. The summed E-state index contributed by atoms with van der Waals surface area (Å²) in [5.41, 5.74) is 1.78. The molecule has 1 atom stereocenters. The highest BCUT2D eigenvalue weighted by Gasteiger charge is 2.19. The average Bonchev–Trinajstić information content (AvgIpc) is 2.52. The van der Waals surface area contributed by atoms with Crippen LogP contribution in [0.2, 0.25) is 0 Å². The van der Waals surface area contributed by atoms with Gasteiger partial charge in [-0.25, -0.2) is 4.39 Å². The van der Waals surface area contributed by atoms with Crippen LogP contribution in [0.15, 0.2) is 41.1 Å². The second-order valence-electron chi connectivity index (χ2n) is 4.69. The number of nitrogens with zero attached hydrogens (tertiary/aromatic N) is 1. The molecule has 2 aromatic rings. The molecule has 1 N–H and O–H groups in total. The smallest absolute Gasteiger partial charge is 0.137 e. The minimum absolute atomic E-state index is 0.141. The highest BCUT2D eigenvalue weighted by atomic mass is 79.9. The normalized spacial score (nSPS) is 12.2. The Labute approximate surface area is 132 Å². The Bertz CT molecular complexity index is 607. The van der Waals surface area contributed by atoms with E-state index in [4.69, 9.17) is 4.74 Å². The van der Waals surface area contributed by atoms with Gasteiger partial charge in [-0.15, -0.1) is 0 Å². The third kappa shape index (κ3) is 3.80. The first-order chi connectivity index (χ1) is 10.2. The lowest BCUT2D eigenvalue weighted by molar-refractivity contribution is 0.411. The summed E-state index contributed by atoms with van der Waals surface area (Å²) < 4.78 is 19.5. The number of aromatic nitrogens is 1. The molecule has 2 rings (SSSR count). The summed E-state index contributed by atoms with van der Waals surface area (Å²) in [7, 11) is 1.60. The van der Waals surface area contributed by atoms with E-state index in [2.05, 4.69) is 33.2 Å². The highest BCUT2D eigenvalue weighted by molar-refractivity contribution is 9.10. The van der Waals surface area contributed by atoms with Crippen molar-refractivity contribution in [1.29, 1.82) is 0 Å². The maximum Gasteiger partial charge on any atom is 0.137 e. The van der Waals surface area contributed by atoms with Gasteiger partial charge in [-0.05, 0) is 52.2 Å². The van der Waals surface area contributed by atoms with Crippen molar-refractivity contribution in [2.24, 2.45) is 0 Å². The standard InChI is InChI=1S/C16H18BrFN2O/c1-3-7-20-16(11-8-12(21-2)10-19-9-11)13-5-4-6-14(18)15(13)17/h4-6,8-10,16,20H,3,7H2,1-2H3. The van der Waals surface area contributed by atoms with Gasteiger partial charge in [0.15, 0.2) is 0 Å².